The smallest absolute Gasteiger partial charge is 0.293 e. The van der Waals surface area contributed by atoms with Crippen molar-refractivity contribution in [3.63, 3.8) is 0 Å². The third-order valence-electron chi connectivity index (χ3n) is 5.44. The molecule has 1 aromatic heterocycles. The summed E-state index contributed by atoms with van der Waals surface area (Å²) in [6.07, 6.45) is 5.59. The Balaban J connectivity index is 1.45. The van der Waals surface area contributed by atoms with Gasteiger partial charge < -0.3 is 9.64 Å². The fourth-order valence-corrected chi connectivity index (χ4v) is 4.62. The summed E-state index contributed by atoms with van der Waals surface area (Å²) in [4.78, 5) is 31.2. The molecular formula is C23H24N4O4S. The maximum absolute atomic E-state index is 12.7. The van der Waals surface area contributed by atoms with E-state index >= 15 is 0 Å². The van der Waals surface area contributed by atoms with Gasteiger partial charge in [-0.05, 0) is 49.1 Å². The number of rotatable bonds is 7. The quantitative estimate of drug-likeness (QED) is 0.405. The lowest BCUT2D eigenvalue weighted by molar-refractivity contribution is -0.384. The van der Waals surface area contributed by atoms with E-state index in [0.717, 1.165) is 48.5 Å². The Morgan fingerprint density at radius 3 is 2.62 bits per heavy atom. The van der Waals surface area contributed by atoms with E-state index in [1.807, 2.05) is 29.2 Å². The second-order valence-corrected chi connectivity index (χ2v) is 8.73. The summed E-state index contributed by atoms with van der Waals surface area (Å²) < 4.78 is 5.17. The molecule has 1 fully saturated rings. The highest BCUT2D eigenvalue weighted by Crippen LogP contribution is 2.32. The van der Waals surface area contributed by atoms with E-state index in [4.69, 9.17) is 4.74 Å². The predicted molar refractivity (Wildman–Crippen MR) is 125 cm³/mol. The minimum absolute atomic E-state index is 0.0427. The molecular weight excluding hydrogens is 428 g/mol. The molecule has 166 valence electrons. The monoisotopic (exact) mass is 452 g/mol. The average Bonchev–Trinajstić information content (AvgIpc) is 3.26. The number of thiazole rings is 1. The van der Waals surface area contributed by atoms with Crippen molar-refractivity contribution in [2.75, 3.05) is 30.4 Å². The molecule has 32 heavy (non-hydrogen) atoms. The number of piperidine rings is 1. The Hall–Kier alpha value is -3.46. The highest BCUT2D eigenvalue weighted by atomic mass is 32.1. The second kappa shape index (κ2) is 9.78. The molecule has 0 spiro atoms. The van der Waals surface area contributed by atoms with Crippen LogP contribution < -0.4 is 15.0 Å². The van der Waals surface area contributed by atoms with Crippen molar-refractivity contribution in [3.8, 4) is 5.75 Å². The molecule has 2 aromatic carbocycles. The number of ether oxygens (including phenoxy) is 1. The summed E-state index contributed by atoms with van der Waals surface area (Å²) in [6, 6.07) is 12.4. The molecule has 0 radical (unpaired) electrons. The molecule has 2 heterocycles. The molecule has 1 aliphatic heterocycles. The first-order chi connectivity index (χ1) is 15.5. The molecule has 0 aliphatic carbocycles. The molecule has 0 atom stereocenters. The molecule has 1 amide bonds. The zero-order valence-corrected chi connectivity index (χ0v) is 18.6. The number of methoxy groups -OCH3 is 1. The van der Waals surface area contributed by atoms with Crippen LogP contribution in [0.3, 0.4) is 0 Å². The van der Waals surface area contributed by atoms with Gasteiger partial charge in [0.05, 0.1) is 12.0 Å². The van der Waals surface area contributed by atoms with Gasteiger partial charge >= 0.3 is 0 Å². The van der Waals surface area contributed by atoms with E-state index in [2.05, 4.69) is 10.3 Å². The third-order valence-corrected chi connectivity index (χ3v) is 6.36. The first-order valence-corrected chi connectivity index (χ1v) is 11.3. The standard InChI is InChI=1S/C23H24N4O4S/c1-31-18-8-5-16(6-9-18)13-19-15-24-23(32-19)25-22(28)17-7-10-20(21(14-17)27(29)30)26-11-3-2-4-12-26/h5-10,14-15H,2-4,11-13H2,1H3,(H,24,25,28). The zero-order chi connectivity index (χ0) is 22.5. The van der Waals surface area contributed by atoms with Crippen molar-refractivity contribution in [3.05, 3.63) is 74.8 Å². The van der Waals surface area contributed by atoms with Gasteiger partial charge in [-0.3, -0.25) is 20.2 Å². The Kier molecular flexibility index (Phi) is 6.65. The normalized spacial score (nSPS) is 13.6. The third kappa shape index (κ3) is 5.05. The van der Waals surface area contributed by atoms with Gasteiger partial charge in [0.25, 0.3) is 11.6 Å². The van der Waals surface area contributed by atoms with Crippen LogP contribution >= 0.6 is 11.3 Å². The van der Waals surface area contributed by atoms with Crippen LogP contribution in [0.5, 0.6) is 5.75 Å². The minimum Gasteiger partial charge on any atom is -0.497 e. The van der Waals surface area contributed by atoms with Gasteiger partial charge in [0, 0.05) is 42.2 Å². The van der Waals surface area contributed by atoms with Crippen LogP contribution in [0.25, 0.3) is 0 Å². The van der Waals surface area contributed by atoms with Gasteiger partial charge in [0.1, 0.15) is 11.4 Å². The second-order valence-electron chi connectivity index (χ2n) is 7.62. The number of nitro benzene ring substituents is 1. The Morgan fingerprint density at radius 2 is 1.94 bits per heavy atom. The van der Waals surface area contributed by atoms with Gasteiger partial charge in [-0.15, -0.1) is 11.3 Å². The van der Waals surface area contributed by atoms with Crippen LogP contribution in [0.4, 0.5) is 16.5 Å². The lowest BCUT2D eigenvalue weighted by Crippen LogP contribution is -2.30. The number of aromatic nitrogens is 1. The van der Waals surface area contributed by atoms with Gasteiger partial charge in [-0.1, -0.05) is 12.1 Å². The summed E-state index contributed by atoms with van der Waals surface area (Å²) in [6.45, 7) is 1.59. The molecule has 1 N–H and O–H groups in total. The minimum atomic E-state index is -0.420. The number of anilines is 2. The number of benzene rings is 2. The number of carbonyl (C=O) groups excluding carboxylic acids is 1. The van der Waals surface area contributed by atoms with Gasteiger partial charge in [0.2, 0.25) is 0 Å². The molecule has 4 rings (SSSR count). The van der Waals surface area contributed by atoms with Gasteiger partial charge in [-0.2, -0.15) is 0 Å². The molecule has 0 unspecified atom stereocenters. The highest BCUT2D eigenvalue weighted by Gasteiger charge is 2.23. The van der Waals surface area contributed by atoms with Crippen LogP contribution in [-0.4, -0.2) is 36.0 Å². The van der Waals surface area contributed by atoms with Crippen molar-refractivity contribution in [1.82, 2.24) is 4.98 Å². The molecule has 9 heteroatoms. The summed E-state index contributed by atoms with van der Waals surface area (Å²) in [7, 11) is 1.63. The fourth-order valence-electron chi connectivity index (χ4n) is 3.77. The zero-order valence-electron chi connectivity index (χ0n) is 17.7. The summed E-state index contributed by atoms with van der Waals surface area (Å²) in [5.74, 6) is 0.384. The lowest BCUT2D eigenvalue weighted by Gasteiger charge is -2.28. The van der Waals surface area contributed by atoms with E-state index in [1.54, 1.807) is 25.4 Å². The number of carbonyl (C=O) groups is 1. The Bertz CT molecular complexity index is 1110. The number of amides is 1. The van der Waals surface area contributed by atoms with Gasteiger partial charge in [0.15, 0.2) is 5.13 Å². The molecule has 8 nitrogen and oxygen atoms in total. The summed E-state index contributed by atoms with van der Waals surface area (Å²) >= 11 is 1.38. The molecule has 3 aromatic rings. The van der Waals surface area contributed by atoms with Crippen molar-refractivity contribution >= 4 is 33.8 Å². The number of nitrogens with one attached hydrogen (secondary N) is 1. The first kappa shape index (κ1) is 21.8. The highest BCUT2D eigenvalue weighted by molar-refractivity contribution is 7.15. The van der Waals surface area contributed by atoms with Crippen LogP contribution in [0, 0.1) is 10.1 Å². The number of nitrogens with zero attached hydrogens (tertiary/aromatic N) is 3. The molecule has 0 saturated carbocycles. The van der Waals surface area contributed by atoms with E-state index in [9.17, 15) is 14.9 Å². The van der Waals surface area contributed by atoms with E-state index in [1.165, 1.54) is 17.4 Å². The first-order valence-electron chi connectivity index (χ1n) is 10.5. The lowest BCUT2D eigenvalue weighted by atomic mass is 10.1. The van der Waals surface area contributed by atoms with Crippen LogP contribution in [0.1, 0.15) is 40.1 Å². The van der Waals surface area contributed by atoms with Crippen molar-refractivity contribution < 1.29 is 14.5 Å². The largest absolute Gasteiger partial charge is 0.497 e. The van der Waals surface area contributed by atoms with Crippen molar-refractivity contribution in [2.24, 2.45) is 0 Å². The van der Waals surface area contributed by atoms with Crippen LogP contribution in [-0.2, 0) is 6.42 Å². The number of nitro groups is 1. The SMILES string of the molecule is COc1ccc(Cc2cnc(NC(=O)c3ccc(N4CCCCC4)c([N+](=O)[O-])c3)s2)cc1. The molecule has 1 saturated heterocycles. The summed E-state index contributed by atoms with van der Waals surface area (Å²) in [5.41, 5.74) is 1.88. The van der Waals surface area contributed by atoms with Gasteiger partial charge in [-0.25, -0.2) is 4.98 Å². The maximum Gasteiger partial charge on any atom is 0.293 e. The Morgan fingerprint density at radius 1 is 1.19 bits per heavy atom. The number of hydrogen-bond acceptors (Lipinski definition) is 7. The Labute approximate surface area is 190 Å². The number of hydrogen-bond donors (Lipinski definition) is 1. The predicted octanol–water partition coefficient (Wildman–Crippen LogP) is 4.89. The van der Waals surface area contributed by atoms with E-state index < -0.39 is 10.8 Å². The topological polar surface area (TPSA) is 97.6 Å². The molecule has 1 aliphatic rings. The van der Waals surface area contributed by atoms with E-state index in [-0.39, 0.29) is 11.3 Å². The van der Waals surface area contributed by atoms with Crippen molar-refractivity contribution in [1.29, 1.82) is 0 Å². The fraction of sp³-hybridized carbons (Fsp3) is 0.304. The molecule has 0 bridgehead atoms. The van der Waals surface area contributed by atoms with Crippen LogP contribution in [0.15, 0.2) is 48.7 Å². The van der Waals surface area contributed by atoms with E-state index in [0.29, 0.717) is 17.2 Å². The van der Waals surface area contributed by atoms with Crippen molar-refractivity contribution in [2.45, 2.75) is 25.7 Å². The maximum atomic E-state index is 12.7. The van der Waals surface area contributed by atoms with Crippen LogP contribution in [0.2, 0.25) is 0 Å². The average molecular weight is 453 g/mol. The summed E-state index contributed by atoms with van der Waals surface area (Å²) in [5, 5.41) is 14.9.